The third-order valence-corrected chi connectivity index (χ3v) is 8.62. The highest BCUT2D eigenvalue weighted by molar-refractivity contribution is 5.08. The van der Waals surface area contributed by atoms with Gasteiger partial charge in [0.25, 0.3) is 0 Å². The zero-order valence-electron chi connectivity index (χ0n) is 19.1. The van der Waals surface area contributed by atoms with Gasteiger partial charge in [-0.25, -0.2) is 0 Å². The summed E-state index contributed by atoms with van der Waals surface area (Å²) in [5.74, 6) is 5.29. The van der Waals surface area contributed by atoms with Crippen LogP contribution in [0.5, 0.6) is 0 Å². The van der Waals surface area contributed by atoms with Crippen molar-refractivity contribution in [3.8, 4) is 0 Å². The molecule has 2 saturated carbocycles. The Bertz CT molecular complexity index is 468. The van der Waals surface area contributed by atoms with Crippen molar-refractivity contribution in [3.05, 3.63) is 23.8 Å². The molecule has 0 spiro atoms. The Kier molecular flexibility index (Phi) is 9.69. The molecule has 1 atom stereocenters. The molecule has 3 aliphatic rings. The van der Waals surface area contributed by atoms with Gasteiger partial charge < -0.3 is 0 Å². The first kappa shape index (κ1) is 22.2. The Morgan fingerprint density at radius 3 is 1.93 bits per heavy atom. The van der Waals surface area contributed by atoms with Crippen LogP contribution in [0, 0.1) is 29.6 Å². The van der Waals surface area contributed by atoms with Gasteiger partial charge in [-0.3, -0.25) is 0 Å². The highest BCUT2D eigenvalue weighted by Crippen LogP contribution is 2.42. The smallest absolute Gasteiger partial charge is 0.0286 e. The minimum absolute atomic E-state index is 1.01. The van der Waals surface area contributed by atoms with Crippen LogP contribution < -0.4 is 0 Å². The summed E-state index contributed by atoms with van der Waals surface area (Å²) in [5.41, 5.74) is 1.75. The molecule has 1 unspecified atom stereocenters. The van der Waals surface area contributed by atoms with E-state index in [1.54, 1.807) is 56.9 Å². The molecule has 0 amide bonds. The summed E-state index contributed by atoms with van der Waals surface area (Å²) in [6, 6.07) is 0. The quantitative estimate of drug-likeness (QED) is 0.347. The van der Waals surface area contributed by atoms with Gasteiger partial charge >= 0.3 is 0 Å². The van der Waals surface area contributed by atoms with E-state index in [1.165, 1.54) is 57.8 Å². The first-order valence-electron chi connectivity index (χ1n) is 13.1. The summed E-state index contributed by atoms with van der Waals surface area (Å²) in [5, 5.41) is 0. The summed E-state index contributed by atoms with van der Waals surface area (Å²) in [6.45, 7) is 4.50. The summed E-state index contributed by atoms with van der Waals surface area (Å²) in [6.07, 6.45) is 32.3. The van der Waals surface area contributed by atoms with Crippen molar-refractivity contribution < 1.29 is 0 Å². The zero-order chi connectivity index (χ0) is 19.6. The molecular formula is C28H48. The van der Waals surface area contributed by atoms with Crippen LogP contribution >= 0.6 is 0 Å². The number of allylic oxidation sites excluding steroid dienone is 4. The van der Waals surface area contributed by atoms with Crippen molar-refractivity contribution in [2.45, 2.75) is 123 Å². The Morgan fingerprint density at radius 1 is 0.786 bits per heavy atom. The minimum Gasteiger partial charge on any atom is -0.0917 e. The molecule has 0 nitrogen and oxygen atoms in total. The van der Waals surface area contributed by atoms with Crippen molar-refractivity contribution in [2.24, 2.45) is 29.6 Å². The summed E-state index contributed by atoms with van der Waals surface area (Å²) >= 11 is 0. The van der Waals surface area contributed by atoms with Crippen LogP contribution in [-0.4, -0.2) is 0 Å². The lowest BCUT2D eigenvalue weighted by Crippen LogP contribution is -2.24. The van der Waals surface area contributed by atoms with Crippen LogP contribution in [0.2, 0.25) is 0 Å². The molecule has 3 aliphatic carbocycles. The maximum atomic E-state index is 2.62. The molecular weight excluding hydrogens is 336 g/mol. The second-order valence-corrected chi connectivity index (χ2v) is 10.5. The summed E-state index contributed by atoms with van der Waals surface area (Å²) < 4.78 is 0. The fourth-order valence-corrected chi connectivity index (χ4v) is 6.64. The first-order valence-corrected chi connectivity index (χ1v) is 13.1. The second-order valence-electron chi connectivity index (χ2n) is 10.5. The van der Waals surface area contributed by atoms with E-state index in [9.17, 15) is 0 Å². The fourth-order valence-electron chi connectivity index (χ4n) is 6.64. The van der Waals surface area contributed by atoms with Crippen molar-refractivity contribution in [1.82, 2.24) is 0 Å². The number of hydrogen-bond acceptors (Lipinski definition) is 0. The average Bonchev–Trinajstić information content (AvgIpc) is 2.75. The van der Waals surface area contributed by atoms with E-state index >= 15 is 0 Å². The number of hydrogen-bond donors (Lipinski definition) is 0. The third-order valence-electron chi connectivity index (χ3n) is 8.62. The molecule has 2 fully saturated rings. The van der Waals surface area contributed by atoms with Gasteiger partial charge in [0.15, 0.2) is 0 Å². The van der Waals surface area contributed by atoms with Crippen LogP contribution in [0.1, 0.15) is 123 Å². The van der Waals surface area contributed by atoms with Crippen LogP contribution in [0.4, 0.5) is 0 Å². The maximum Gasteiger partial charge on any atom is -0.0286 e. The van der Waals surface area contributed by atoms with Gasteiger partial charge in [0, 0.05) is 0 Å². The maximum absolute atomic E-state index is 2.62. The summed E-state index contributed by atoms with van der Waals surface area (Å²) in [4.78, 5) is 0. The Hall–Kier alpha value is -0.520. The predicted octanol–water partition coefficient (Wildman–Crippen LogP) is 9.26. The lowest BCUT2D eigenvalue weighted by molar-refractivity contribution is 0.173. The third kappa shape index (κ3) is 7.07. The predicted molar refractivity (Wildman–Crippen MR) is 125 cm³/mol. The molecule has 0 N–H and O–H groups in total. The van der Waals surface area contributed by atoms with E-state index < -0.39 is 0 Å². The topological polar surface area (TPSA) is 0 Å². The molecule has 0 bridgehead atoms. The van der Waals surface area contributed by atoms with Crippen molar-refractivity contribution >= 4 is 0 Å². The van der Waals surface area contributed by atoms with Crippen LogP contribution in [0.25, 0.3) is 0 Å². The first-order chi connectivity index (χ1) is 13.8. The van der Waals surface area contributed by atoms with Gasteiger partial charge in [-0.15, -0.1) is 0 Å². The monoisotopic (exact) mass is 384 g/mol. The van der Waals surface area contributed by atoms with E-state index in [1.807, 2.05) is 0 Å². The molecule has 0 heteroatoms. The Balaban J connectivity index is 1.29. The van der Waals surface area contributed by atoms with Crippen LogP contribution in [0.3, 0.4) is 0 Å². The molecule has 0 aliphatic heterocycles. The van der Waals surface area contributed by atoms with Gasteiger partial charge in [0.1, 0.15) is 0 Å². The molecule has 160 valence electrons. The average molecular weight is 385 g/mol. The highest BCUT2D eigenvalue weighted by atomic mass is 14.3. The molecule has 0 saturated heterocycles. The van der Waals surface area contributed by atoms with E-state index in [0.717, 1.165) is 29.6 Å². The van der Waals surface area contributed by atoms with Gasteiger partial charge in [0.05, 0.1) is 0 Å². The molecule has 0 aromatic rings. The molecule has 0 aromatic carbocycles. The van der Waals surface area contributed by atoms with Crippen molar-refractivity contribution in [3.63, 3.8) is 0 Å². The van der Waals surface area contributed by atoms with Gasteiger partial charge in [0.2, 0.25) is 0 Å². The van der Waals surface area contributed by atoms with Gasteiger partial charge in [-0.1, -0.05) is 94.9 Å². The van der Waals surface area contributed by atoms with Crippen LogP contribution in [0.15, 0.2) is 23.8 Å². The Labute approximate surface area is 176 Å². The summed E-state index contributed by atoms with van der Waals surface area (Å²) in [7, 11) is 0. The van der Waals surface area contributed by atoms with E-state index in [0.29, 0.717) is 0 Å². The lowest BCUT2D eigenvalue weighted by Gasteiger charge is -2.36. The zero-order valence-corrected chi connectivity index (χ0v) is 19.1. The number of rotatable bonds is 9. The highest BCUT2D eigenvalue weighted by Gasteiger charge is 2.29. The molecule has 28 heavy (non-hydrogen) atoms. The second kappa shape index (κ2) is 12.2. The minimum atomic E-state index is 1.01. The SMILES string of the molecule is C/C=C/CCC1=CCC(C2CCC(CCC3CCC(CCC)CC3)CC2)CC1. The van der Waals surface area contributed by atoms with Gasteiger partial charge in [-0.05, 0) is 81.5 Å². The largest absolute Gasteiger partial charge is 0.0917 e. The van der Waals surface area contributed by atoms with E-state index in [-0.39, 0.29) is 0 Å². The Morgan fingerprint density at radius 2 is 1.39 bits per heavy atom. The fraction of sp³-hybridized carbons (Fsp3) is 0.857. The molecule has 0 heterocycles. The van der Waals surface area contributed by atoms with Gasteiger partial charge in [-0.2, -0.15) is 0 Å². The standard InChI is InChI=1S/C28H48/c1-3-5-6-8-24-15-19-27(20-16-24)28-21-17-26(18-22-28)14-13-25-11-9-23(7-4-2)10-12-25/h3,5,15,23,25-28H,4,6-14,16-22H2,1-2H3/b5-3+. The molecule has 3 rings (SSSR count). The van der Waals surface area contributed by atoms with Crippen LogP contribution in [-0.2, 0) is 0 Å². The van der Waals surface area contributed by atoms with Crippen molar-refractivity contribution in [2.75, 3.05) is 0 Å². The lowest BCUT2D eigenvalue weighted by atomic mass is 9.69. The van der Waals surface area contributed by atoms with Crippen molar-refractivity contribution in [1.29, 1.82) is 0 Å². The normalized spacial score (nSPS) is 34.5. The van der Waals surface area contributed by atoms with E-state index in [2.05, 4.69) is 32.1 Å². The van der Waals surface area contributed by atoms with E-state index in [4.69, 9.17) is 0 Å². The molecule has 0 aromatic heterocycles. The molecule has 0 radical (unpaired) electrons.